The van der Waals surface area contributed by atoms with Gasteiger partial charge in [0, 0.05) is 18.7 Å². The Balaban J connectivity index is 1.50. The van der Waals surface area contributed by atoms with Crippen molar-refractivity contribution in [3.63, 3.8) is 0 Å². The van der Waals surface area contributed by atoms with Crippen LogP contribution in [0.15, 0.2) is 47.4 Å². The minimum Gasteiger partial charge on any atom is -0.483 e. The Bertz CT molecular complexity index is 1020. The molecule has 0 atom stereocenters. The number of ether oxygens (including phenoxy) is 1. The van der Waals surface area contributed by atoms with Gasteiger partial charge in [0.15, 0.2) is 6.61 Å². The van der Waals surface area contributed by atoms with Gasteiger partial charge in [0.25, 0.3) is 17.1 Å². The number of halogens is 1. The highest BCUT2D eigenvalue weighted by atomic mass is 32.2. The largest absolute Gasteiger partial charge is 0.483 e. The first-order valence-electron chi connectivity index (χ1n) is 9.32. The monoisotopic (exact) mass is 428 g/mol. The zero-order valence-corrected chi connectivity index (χ0v) is 17.4. The second-order valence-corrected chi connectivity index (χ2v) is 7.76. The molecule has 0 aliphatic carbocycles. The standard InChI is InChI=1S/C22H21FN2O4S/c1-14-7-8-15(2)18(11-14)29-13-20(26)24-9-10-25-21(27)19(30-22(25)28)12-16-5-3-4-6-17(16)23/h3-8,11-12H,9-10,13H2,1-2H3,(H,24,26)/b19-12-. The Hall–Kier alpha value is -3.13. The van der Waals surface area contributed by atoms with Crippen LogP contribution in [0.5, 0.6) is 5.75 Å². The minimum atomic E-state index is -0.505. The molecule has 0 spiro atoms. The summed E-state index contributed by atoms with van der Waals surface area (Å²) < 4.78 is 19.3. The van der Waals surface area contributed by atoms with Crippen molar-refractivity contribution in [1.29, 1.82) is 0 Å². The predicted molar refractivity (Wildman–Crippen MR) is 113 cm³/mol. The maximum Gasteiger partial charge on any atom is 0.293 e. The van der Waals surface area contributed by atoms with Gasteiger partial charge >= 0.3 is 0 Å². The summed E-state index contributed by atoms with van der Waals surface area (Å²) in [7, 11) is 0. The van der Waals surface area contributed by atoms with Gasteiger partial charge in [-0.15, -0.1) is 0 Å². The number of hydrogen-bond donors (Lipinski definition) is 1. The maximum atomic E-state index is 13.8. The molecule has 6 nitrogen and oxygen atoms in total. The summed E-state index contributed by atoms with van der Waals surface area (Å²) in [6, 6.07) is 11.7. The van der Waals surface area contributed by atoms with Crippen LogP contribution >= 0.6 is 11.8 Å². The van der Waals surface area contributed by atoms with Crippen molar-refractivity contribution in [1.82, 2.24) is 10.2 Å². The molecule has 1 fully saturated rings. The molecular weight excluding hydrogens is 407 g/mol. The lowest BCUT2D eigenvalue weighted by atomic mass is 10.1. The lowest BCUT2D eigenvalue weighted by molar-refractivity contribution is -0.125. The van der Waals surface area contributed by atoms with Crippen LogP contribution in [0.3, 0.4) is 0 Å². The number of aryl methyl sites for hydroxylation is 2. The molecule has 30 heavy (non-hydrogen) atoms. The fraction of sp³-hybridized carbons (Fsp3) is 0.227. The van der Waals surface area contributed by atoms with E-state index in [1.807, 2.05) is 32.0 Å². The number of thioether (sulfide) groups is 1. The average molecular weight is 428 g/mol. The highest BCUT2D eigenvalue weighted by Crippen LogP contribution is 2.32. The molecule has 1 N–H and O–H groups in total. The highest BCUT2D eigenvalue weighted by molar-refractivity contribution is 8.18. The second-order valence-electron chi connectivity index (χ2n) is 6.76. The predicted octanol–water partition coefficient (Wildman–Crippen LogP) is 3.67. The normalized spacial score (nSPS) is 15.0. The van der Waals surface area contributed by atoms with E-state index in [2.05, 4.69) is 5.32 Å². The zero-order chi connectivity index (χ0) is 21.7. The molecule has 3 amide bonds. The Morgan fingerprint density at radius 3 is 2.73 bits per heavy atom. The van der Waals surface area contributed by atoms with Crippen LogP contribution in [0, 0.1) is 19.7 Å². The third kappa shape index (κ3) is 5.27. The van der Waals surface area contributed by atoms with Gasteiger partial charge in [-0.2, -0.15) is 0 Å². The molecule has 8 heteroatoms. The third-order valence-corrected chi connectivity index (χ3v) is 5.33. The van der Waals surface area contributed by atoms with Gasteiger partial charge in [-0.25, -0.2) is 4.39 Å². The minimum absolute atomic E-state index is 0.0223. The van der Waals surface area contributed by atoms with E-state index >= 15 is 0 Å². The topological polar surface area (TPSA) is 75.7 Å². The summed E-state index contributed by atoms with van der Waals surface area (Å²) >= 11 is 0.749. The van der Waals surface area contributed by atoms with E-state index in [0.29, 0.717) is 5.75 Å². The number of benzene rings is 2. The number of amides is 3. The molecule has 0 aromatic heterocycles. The number of hydrogen-bond acceptors (Lipinski definition) is 5. The van der Waals surface area contributed by atoms with Crippen molar-refractivity contribution >= 4 is 34.9 Å². The first-order chi connectivity index (χ1) is 14.3. The van der Waals surface area contributed by atoms with Gasteiger partial charge in [0.05, 0.1) is 4.91 Å². The van der Waals surface area contributed by atoms with E-state index in [9.17, 15) is 18.8 Å². The molecular formula is C22H21FN2O4S. The fourth-order valence-corrected chi connectivity index (χ4v) is 3.65. The third-order valence-electron chi connectivity index (χ3n) is 4.43. The first-order valence-corrected chi connectivity index (χ1v) is 10.1. The van der Waals surface area contributed by atoms with Crippen LogP contribution in [0.1, 0.15) is 16.7 Å². The van der Waals surface area contributed by atoms with Gasteiger partial charge in [0.1, 0.15) is 11.6 Å². The summed E-state index contributed by atoms with van der Waals surface area (Å²) in [5.41, 5.74) is 2.19. The molecule has 0 radical (unpaired) electrons. The highest BCUT2D eigenvalue weighted by Gasteiger charge is 2.34. The number of rotatable bonds is 7. The molecule has 156 valence electrons. The van der Waals surface area contributed by atoms with Crippen LogP contribution in [-0.4, -0.2) is 41.6 Å². The van der Waals surface area contributed by atoms with Gasteiger partial charge in [-0.05, 0) is 54.9 Å². The number of imide groups is 1. The smallest absolute Gasteiger partial charge is 0.293 e. The number of nitrogens with one attached hydrogen (secondary N) is 1. The average Bonchev–Trinajstić information content (AvgIpc) is 2.97. The summed E-state index contributed by atoms with van der Waals surface area (Å²) in [6.07, 6.45) is 1.36. The van der Waals surface area contributed by atoms with Crippen molar-refractivity contribution in [2.45, 2.75) is 13.8 Å². The van der Waals surface area contributed by atoms with Crippen LogP contribution in [0.2, 0.25) is 0 Å². The Morgan fingerprint density at radius 1 is 1.20 bits per heavy atom. The first kappa shape index (κ1) is 21.6. The second kappa shape index (κ2) is 9.58. The molecule has 1 saturated heterocycles. The summed E-state index contributed by atoms with van der Waals surface area (Å²) in [6.45, 7) is 3.78. The molecule has 1 heterocycles. The number of nitrogens with zero attached hydrogens (tertiary/aromatic N) is 1. The van der Waals surface area contributed by atoms with Crippen molar-refractivity contribution in [3.8, 4) is 5.75 Å². The Morgan fingerprint density at radius 2 is 1.97 bits per heavy atom. The van der Waals surface area contributed by atoms with Gasteiger partial charge in [-0.1, -0.05) is 30.3 Å². The zero-order valence-electron chi connectivity index (χ0n) is 16.6. The fourth-order valence-electron chi connectivity index (χ4n) is 2.79. The Labute approximate surface area is 178 Å². The number of carbonyl (C=O) groups excluding carboxylic acids is 3. The molecule has 0 saturated carbocycles. The lowest BCUT2D eigenvalue weighted by Crippen LogP contribution is -2.38. The summed E-state index contributed by atoms with van der Waals surface area (Å²) in [5, 5.41) is 2.17. The SMILES string of the molecule is Cc1ccc(C)c(OCC(=O)NCCN2C(=O)S/C(=C\c3ccccc3F)C2=O)c1. The van der Waals surface area contributed by atoms with E-state index in [0.717, 1.165) is 27.8 Å². The van der Waals surface area contributed by atoms with Crippen molar-refractivity contribution in [2.24, 2.45) is 0 Å². The maximum absolute atomic E-state index is 13.8. The van der Waals surface area contributed by atoms with E-state index in [1.165, 1.54) is 18.2 Å². The lowest BCUT2D eigenvalue weighted by Gasteiger charge is -2.14. The van der Waals surface area contributed by atoms with Crippen LogP contribution in [-0.2, 0) is 9.59 Å². The molecule has 0 bridgehead atoms. The Kier molecular flexibility index (Phi) is 6.89. The van der Waals surface area contributed by atoms with Gasteiger partial charge in [-0.3, -0.25) is 19.3 Å². The molecule has 3 rings (SSSR count). The molecule has 1 aliphatic heterocycles. The summed E-state index contributed by atoms with van der Waals surface area (Å²) in [5.74, 6) is -0.700. The van der Waals surface area contributed by atoms with Crippen LogP contribution < -0.4 is 10.1 Å². The van der Waals surface area contributed by atoms with E-state index in [-0.39, 0.29) is 36.1 Å². The molecule has 2 aromatic rings. The molecule has 0 unspecified atom stereocenters. The van der Waals surface area contributed by atoms with Crippen molar-refractivity contribution in [3.05, 3.63) is 69.9 Å². The summed E-state index contributed by atoms with van der Waals surface area (Å²) in [4.78, 5) is 37.8. The van der Waals surface area contributed by atoms with Gasteiger partial charge in [0.2, 0.25) is 0 Å². The quantitative estimate of drug-likeness (QED) is 0.681. The van der Waals surface area contributed by atoms with E-state index in [1.54, 1.807) is 12.1 Å². The number of carbonyl (C=O) groups is 3. The van der Waals surface area contributed by atoms with Crippen molar-refractivity contribution in [2.75, 3.05) is 19.7 Å². The van der Waals surface area contributed by atoms with Crippen LogP contribution in [0.25, 0.3) is 6.08 Å². The van der Waals surface area contributed by atoms with Gasteiger partial charge < -0.3 is 10.1 Å². The van der Waals surface area contributed by atoms with E-state index < -0.39 is 17.0 Å². The van der Waals surface area contributed by atoms with E-state index in [4.69, 9.17) is 4.74 Å². The molecule has 2 aromatic carbocycles. The molecule has 1 aliphatic rings. The van der Waals surface area contributed by atoms with Crippen molar-refractivity contribution < 1.29 is 23.5 Å². The van der Waals surface area contributed by atoms with Crippen LogP contribution in [0.4, 0.5) is 9.18 Å².